The van der Waals surface area contributed by atoms with E-state index in [1.165, 1.54) is 0 Å². The predicted molar refractivity (Wildman–Crippen MR) is 95.7 cm³/mol. The number of anilines is 1. The standard InChI is InChI=1S/C18H14Cl2N2O/c1-11-16(14-5-3-4-6-15(14)21-17(11)20)18(23)22(2)13-9-7-12(19)8-10-13/h3-10H,1-2H3. The van der Waals surface area contributed by atoms with Gasteiger partial charge in [-0.15, -0.1) is 0 Å². The maximum Gasteiger partial charge on any atom is 0.259 e. The Hall–Kier alpha value is -2.10. The summed E-state index contributed by atoms with van der Waals surface area (Å²) >= 11 is 12.1. The summed E-state index contributed by atoms with van der Waals surface area (Å²) in [6, 6.07) is 14.6. The third kappa shape index (κ3) is 2.90. The Morgan fingerprint density at radius 1 is 1.04 bits per heavy atom. The van der Waals surface area contributed by atoms with Crippen LogP contribution in [-0.2, 0) is 0 Å². The summed E-state index contributed by atoms with van der Waals surface area (Å²) in [5, 5.41) is 1.76. The number of hydrogen-bond acceptors (Lipinski definition) is 2. The molecule has 23 heavy (non-hydrogen) atoms. The van der Waals surface area contributed by atoms with E-state index in [9.17, 15) is 4.79 Å². The number of aromatic nitrogens is 1. The molecular formula is C18H14Cl2N2O. The molecular weight excluding hydrogens is 331 g/mol. The van der Waals surface area contributed by atoms with Gasteiger partial charge < -0.3 is 4.90 Å². The molecule has 0 aliphatic heterocycles. The average molecular weight is 345 g/mol. The molecule has 1 amide bonds. The highest BCUT2D eigenvalue weighted by atomic mass is 35.5. The normalized spacial score (nSPS) is 10.8. The van der Waals surface area contributed by atoms with Gasteiger partial charge in [0.15, 0.2) is 0 Å². The molecule has 0 unspecified atom stereocenters. The highest BCUT2D eigenvalue weighted by molar-refractivity contribution is 6.32. The number of nitrogens with zero attached hydrogens (tertiary/aromatic N) is 2. The Bertz CT molecular complexity index is 891. The topological polar surface area (TPSA) is 33.2 Å². The van der Waals surface area contributed by atoms with Crippen LogP contribution in [0.4, 0.5) is 5.69 Å². The predicted octanol–water partition coefficient (Wildman–Crippen LogP) is 5.13. The molecule has 0 spiro atoms. The van der Waals surface area contributed by atoms with E-state index in [1.54, 1.807) is 36.2 Å². The minimum Gasteiger partial charge on any atom is -0.311 e. The van der Waals surface area contributed by atoms with Gasteiger partial charge in [-0.2, -0.15) is 0 Å². The van der Waals surface area contributed by atoms with E-state index in [-0.39, 0.29) is 5.91 Å². The van der Waals surface area contributed by atoms with Crippen LogP contribution in [-0.4, -0.2) is 17.9 Å². The molecule has 0 atom stereocenters. The zero-order valence-corrected chi connectivity index (χ0v) is 14.2. The Morgan fingerprint density at radius 2 is 1.70 bits per heavy atom. The second-order valence-electron chi connectivity index (χ2n) is 5.26. The van der Waals surface area contributed by atoms with Crippen LogP contribution in [0.5, 0.6) is 0 Å². The lowest BCUT2D eigenvalue weighted by atomic mass is 10.0. The van der Waals surface area contributed by atoms with Gasteiger partial charge in [0, 0.05) is 23.1 Å². The Balaban J connectivity index is 2.13. The second kappa shape index (κ2) is 6.19. The Morgan fingerprint density at radius 3 is 2.39 bits per heavy atom. The van der Waals surface area contributed by atoms with Gasteiger partial charge in [0.05, 0.1) is 11.1 Å². The summed E-state index contributed by atoms with van der Waals surface area (Å²) in [6.07, 6.45) is 0. The minimum absolute atomic E-state index is 0.134. The summed E-state index contributed by atoms with van der Waals surface area (Å²) < 4.78 is 0. The van der Waals surface area contributed by atoms with Gasteiger partial charge >= 0.3 is 0 Å². The van der Waals surface area contributed by atoms with E-state index < -0.39 is 0 Å². The fourth-order valence-corrected chi connectivity index (χ4v) is 2.81. The number of halogens is 2. The average Bonchev–Trinajstić information content (AvgIpc) is 2.55. The van der Waals surface area contributed by atoms with Gasteiger partial charge in [0.25, 0.3) is 5.91 Å². The monoisotopic (exact) mass is 344 g/mol. The number of pyridine rings is 1. The van der Waals surface area contributed by atoms with Gasteiger partial charge in [-0.05, 0) is 42.8 Å². The molecule has 3 nitrogen and oxygen atoms in total. The summed E-state index contributed by atoms with van der Waals surface area (Å²) in [7, 11) is 1.73. The van der Waals surface area contributed by atoms with E-state index in [1.807, 2.05) is 31.2 Å². The number of carbonyl (C=O) groups is 1. The Kier molecular flexibility index (Phi) is 4.24. The van der Waals surface area contributed by atoms with Crippen molar-refractivity contribution in [2.24, 2.45) is 0 Å². The molecule has 116 valence electrons. The fraction of sp³-hybridized carbons (Fsp3) is 0.111. The summed E-state index contributed by atoms with van der Waals surface area (Å²) in [5.41, 5.74) is 2.71. The number of benzene rings is 2. The van der Waals surface area contributed by atoms with Crippen molar-refractivity contribution in [3.8, 4) is 0 Å². The molecule has 1 heterocycles. The minimum atomic E-state index is -0.134. The molecule has 0 aliphatic carbocycles. The molecule has 1 aromatic heterocycles. The molecule has 0 N–H and O–H groups in total. The zero-order valence-electron chi connectivity index (χ0n) is 12.7. The number of rotatable bonds is 2. The van der Waals surface area contributed by atoms with Crippen LogP contribution in [0.2, 0.25) is 10.2 Å². The SMILES string of the molecule is Cc1c(Cl)nc2ccccc2c1C(=O)N(C)c1ccc(Cl)cc1. The summed E-state index contributed by atoms with van der Waals surface area (Å²) in [4.78, 5) is 18.9. The lowest BCUT2D eigenvalue weighted by Gasteiger charge is -2.20. The van der Waals surface area contributed by atoms with Crippen LogP contribution in [0.15, 0.2) is 48.5 Å². The maximum absolute atomic E-state index is 13.0. The van der Waals surface area contributed by atoms with Crippen molar-refractivity contribution in [3.63, 3.8) is 0 Å². The van der Waals surface area contributed by atoms with Crippen LogP contribution >= 0.6 is 23.2 Å². The molecule has 5 heteroatoms. The van der Waals surface area contributed by atoms with E-state index in [2.05, 4.69) is 4.98 Å². The lowest BCUT2D eigenvalue weighted by molar-refractivity contribution is 0.0994. The van der Waals surface area contributed by atoms with E-state index in [0.717, 1.165) is 11.1 Å². The quantitative estimate of drug-likeness (QED) is 0.604. The van der Waals surface area contributed by atoms with Crippen molar-refractivity contribution in [3.05, 3.63) is 69.8 Å². The first-order valence-electron chi connectivity index (χ1n) is 7.07. The molecule has 3 aromatic rings. The Labute approximate surface area is 144 Å². The summed E-state index contributed by atoms with van der Waals surface area (Å²) in [5.74, 6) is -0.134. The largest absolute Gasteiger partial charge is 0.311 e. The number of amides is 1. The van der Waals surface area contributed by atoms with Crippen LogP contribution in [0.25, 0.3) is 10.9 Å². The zero-order chi connectivity index (χ0) is 16.6. The molecule has 0 bridgehead atoms. The first kappa shape index (κ1) is 15.8. The molecule has 2 aromatic carbocycles. The molecule has 0 radical (unpaired) electrons. The van der Waals surface area contributed by atoms with Crippen LogP contribution < -0.4 is 4.90 Å². The smallest absolute Gasteiger partial charge is 0.259 e. The molecule has 0 saturated heterocycles. The third-order valence-electron chi connectivity index (χ3n) is 3.81. The van der Waals surface area contributed by atoms with Gasteiger partial charge in [-0.1, -0.05) is 41.4 Å². The van der Waals surface area contributed by atoms with Crippen LogP contribution in [0.1, 0.15) is 15.9 Å². The molecule has 0 saturated carbocycles. The van der Waals surface area contributed by atoms with Gasteiger partial charge in [0.1, 0.15) is 5.15 Å². The highest BCUT2D eigenvalue weighted by Gasteiger charge is 2.21. The lowest BCUT2D eigenvalue weighted by Crippen LogP contribution is -2.27. The molecule has 0 aliphatic rings. The van der Waals surface area contributed by atoms with E-state index in [4.69, 9.17) is 23.2 Å². The summed E-state index contributed by atoms with van der Waals surface area (Å²) in [6.45, 7) is 1.81. The van der Waals surface area contributed by atoms with Crippen molar-refractivity contribution in [2.45, 2.75) is 6.92 Å². The highest BCUT2D eigenvalue weighted by Crippen LogP contribution is 2.28. The third-order valence-corrected chi connectivity index (χ3v) is 4.43. The van der Waals surface area contributed by atoms with Crippen LogP contribution in [0.3, 0.4) is 0 Å². The molecule has 0 fully saturated rings. The van der Waals surface area contributed by atoms with E-state index >= 15 is 0 Å². The fourth-order valence-electron chi connectivity index (χ4n) is 2.50. The first-order chi connectivity index (χ1) is 11.0. The van der Waals surface area contributed by atoms with Gasteiger partial charge in [-0.25, -0.2) is 4.98 Å². The molecule has 3 rings (SSSR count). The van der Waals surface area contributed by atoms with Gasteiger partial charge in [0.2, 0.25) is 0 Å². The van der Waals surface area contributed by atoms with Crippen LogP contribution in [0, 0.1) is 6.92 Å². The second-order valence-corrected chi connectivity index (χ2v) is 6.05. The van der Waals surface area contributed by atoms with Crippen molar-refractivity contribution >= 4 is 45.7 Å². The number of hydrogen-bond donors (Lipinski definition) is 0. The van der Waals surface area contributed by atoms with Crippen molar-refractivity contribution in [2.75, 3.05) is 11.9 Å². The first-order valence-corrected chi connectivity index (χ1v) is 7.83. The van der Waals surface area contributed by atoms with E-state index in [0.29, 0.717) is 26.8 Å². The van der Waals surface area contributed by atoms with Crippen molar-refractivity contribution < 1.29 is 4.79 Å². The van der Waals surface area contributed by atoms with Gasteiger partial charge in [-0.3, -0.25) is 4.79 Å². The maximum atomic E-state index is 13.0. The number of carbonyl (C=O) groups excluding carboxylic acids is 1. The number of para-hydroxylation sites is 1. The van der Waals surface area contributed by atoms with Crippen molar-refractivity contribution in [1.82, 2.24) is 4.98 Å². The van der Waals surface area contributed by atoms with Crippen molar-refractivity contribution in [1.29, 1.82) is 0 Å². The number of fused-ring (bicyclic) bond motifs is 1.